The van der Waals surface area contributed by atoms with Gasteiger partial charge in [0.2, 0.25) is 10.0 Å². The number of amides is 1. The van der Waals surface area contributed by atoms with Crippen molar-refractivity contribution in [3.63, 3.8) is 0 Å². The number of hydrogen-bond acceptors (Lipinski definition) is 5. The van der Waals surface area contributed by atoms with Crippen LogP contribution in [-0.2, 0) is 20.0 Å². The van der Waals surface area contributed by atoms with Gasteiger partial charge in [0.15, 0.2) is 0 Å². The molecule has 0 aliphatic carbocycles. The van der Waals surface area contributed by atoms with Crippen molar-refractivity contribution >= 4 is 60.5 Å². The summed E-state index contributed by atoms with van der Waals surface area (Å²) >= 11 is 11.8. The molecule has 1 amide bonds. The number of carbonyl (C=O) groups excluding carboxylic acids is 1. The van der Waals surface area contributed by atoms with Crippen LogP contribution in [0.4, 0.5) is 11.4 Å². The molecule has 0 bridgehead atoms. The molecule has 3 aromatic rings. The fourth-order valence-electron chi connectivity index (χ4n) is 2.54. The maximum absolute atomic E-state index is 12.8. The third-order valence-corrected chi connectivity index (χ3v) is 6.83. The van der Waals surface area contributed by atoms with Crippen LogP contribution in [0.25, 0.3) is 0 Å². The molecule has 8 nitrogen and oxygen atoms in total. The highest BCUT2D eigenvalue weighted by Gasteiger charge is 2.20. The number of nitrogens with two attached hydrogens (primary N) is 1. The summed E-state index contributed by atoms with van der Waals surface area (Å²) in [6, 6.07) is 14.7. The number of carbonyl (C=O) groups is 1. The third-order valence-electron chi connectivity index (χ3n) is 4.04. The molecule has 0 aromatic heterocycles. The van der Waals surface area contributed by atoms with Gasteiger partial charge < -0.3 is 5.32 Å². The fourth-order valence-corrected chi connectivity index (χ4v) is 4.43. The minimum absolute atomic E-state index is 0.00185. The maximum atomic E-state index is 12.8. The lowest BCUT2D eigenvalue weighted by atomic mass is 10.1. The Morgan fingerprint density at radius 2 is 1.32 bits per heavy atom. The zero-order valence-corrected chi connectivity index (χ0v) is 18.7. The molecule has 3 aromatic carbocycles. The van der Waals surface area contributed by atoms with Gasteiger partial charge in [-0.15, -0.1) is 0 Å². The van der Waals surface area contributed by atoms with Gasteiger partial charge in [0.1, 0.15) is 0 Å². The minimum atomic E-state index is -4.01. The van der Waals surface area contributed by atoms with Crippen molar-refractivity contribution in [2.75, 3.05) is 10.0 Å². The molecule has 0 spiro atoms. The summed E-state index contributed by atoms with van der Waals surface area (Å²) in [6.45, 7) is 0. The van der Waals surface area contributed by atoms with Gasteiger partial charge in [-0.25, -0.2) is 22.0 Å². The average molecular weight is 500 g/mol. The standard InChI is InChI=1S/C19H15Cl2N3O5S2/c20-12-1-6-16(7-2-12)31(28,29)24-18-10-3-13(21)11-17(18)19(25)23-14-4-8-15(9-5-14)30(22,26)27/h1-11,24H,(H,23,25)(H2,22,26,27). The van der Waals surface area contributed by atoms with E-state index in [-0.39, 0.29) is 31.8 Å². The molecule has 0 atom stereocenters. The van der Waals surface area contributed by atoms with Crippen molar-refractivity contribution in [2.24, 2.45) is 5.14 Å². The SMILES string of the molecule is NS(=O)(=O)c1ccc(NC(=O)c2cc(Cl)ccc2NS(=O)(=O)c2ccc(Cl)cc2)cc1. The highest BCUT2D eigenvalue weighted by atomic mass is 35.5. The maximum Gasteiger partial charge on any atom is 0.261 e. The Kier molecular flexibility index (Phi) is 6.58. The first-order valence-corrected chi connectivity index (χ1v) is 12.3. The van der Waals surface area contributed by atoms with E-state index in [0.29, 0.717) is 5.02 Å². The highest BCUT2D eigenvalue weighted by molar-refractivity contribution is 7.92. The van der Waals surface area contributed by atoms with Gasteiger partial charge in [0.05, 0.1) is 21.0 Å². The van der Waals surface area contributed by atoms with E-state index in [1.807, 2.05) is 0 Å². The van der Waals surface area contributed by atoms with Gasteiger partial charge in [-0.3, -0.25) is 9.52 Å². The number of nitrogens with one attached hydrogen (secondary N) is 2. The van der Waals surface area contributed by atoms with E-state index in [1.54, 1.807) is 0 Å². The minimum Gasteiger partial charge on any atom is -0.322 e. The monoisotopic (exact) mass is 499 g/mol. The molecule has 4 N–H and O–H groups in total. The lowest BCUT2D eigenvalue weighted by Gasteiger charge is -2.13. The van der Waals surface area contributed by atoms with E-state index in [1.165, 1.54) is 66.7 Å². The zero-order valence-electron chi connectivity index (χ0n) is 15.5. The fraction of sp³-hybridized carbons (Fsp3) is 0. The summed E-state index contributed by atoms with van der Waals surface area (Å²) in [5, 5.41) is 8.19. The Labute approximate surface area is 189 Å². The predicted molar refractivity (Wildman–Crippen MR) is 119 cm³/mol. The van der Waals surface area contributed by atoms with Crippen molar-refractivity contribution in [1.29, 1.82) is 0 Å². The van der Waals surface area contributed by atoms with E-state index in [0.717, 1.165) is 0 Å². The molecule has 31 heavy (non-hydrogen) atoms. The predicted octanol–water partition coefficient (Wildman–Crippen LogP) is 3.69. The molecular formula is C19H15Cl2N3O5S2. The summed E-state index contributed by atoms with van der Waals surface area (Å²) in [4.78, 5) is 12.6. The zero-order chi connectivity index (χ0) is 22.8. The van der Waals surface area contributed by atoms with Gasteiger partial charge in [-0.2, -0.15) is 0 Å². The van der Waals surface area contributed by atoms with Crippen LogP contribution in [0.3, 0.4) is 0 Å². The van der Waals surface area contributed by atoms with Crippen LogP contribution in [0.1, 0.15) is 10.4 Å². The largest absolute Gasteiger partial charge is 0.322 e. The van der Waals surface area contributed by atoms with Crippen LogP contribution in [-0.4, -0.2) is 22.7 Å². The summed E-state index contributed by atoms with van der Waals surface area (Å²) in [5.74, 6) is -0.667. The van der Waals surface area contributed by atoms with Crippen molar-refractivity contribution < 1.29 is 21.6 Å². The topological polar surface area (TPSA) is 135 Å². The van der Waals surface area contributed by atoms with Crippen LogP contribution < -0.4 is 15.2 Å². The molecular weight excluding hydrogens is 485 g/mol. The van der Waals surface area contributed by atoms with Crippen LogP contribution in [0.15, 0.2) is 76.5 Å². The van der Waals surface area contributed by atoms with E-state index in [2.05, 4.69) is 10.0 Å². The molecule has 0 saturated carbocycles. The average Bonchev–Trinajstić information content (AvgIpc) is 2.69. The molecule has 3 rings (SSSR count). The van der Waals surface area contributed by atoms with E-state index >= 15 is 0 Å². The molecule has 0 heterocycles. The molecule has 0 saturated heterocycles. The Hall–Kier alpha value is -2.63. The second-order valence-corrected chi connectivity index (χ2v) is 10.4. The number of benzene rings is 3. The second-order valence-electron chi connectivity index (χ2n) is 6.27. The number of halogens is 2. The molecule has 0 fully saturated rings. The smallest absolute Gasteiger partial charge is 0.261 e. The Balaban J connectivity index is 1.89. The molecule has 0 aliphatic rings. The number of anilines is 2. The Bertz CT molecular complexity index is 1340. The number of hydrogen-bond donors (Lipinski definition) is 3. The highest BCUT2D eigenvalue weighted by Crippen LogP contribution is 2.25. The van der Waals surface area contributed by atoms with Gasteiger partial charge in [0.25, 0.3) is 15.9 Å². The molecule has 12 heteroatoms. The van der Waals surface area contributed by atoms with Crippen LogP contribution in [0.2, 0.25) is 10.0 Å². The van der Waals surface area contributed by atoms with Crippen LogP contribution in [0.5, 0.6) is 0 Å². The lowest BCUT2D eigenvalue weighted by molar-refractivity contribution is 0.102. The van der Waals surface area contributed by atoms with Crippen molar-refractivity contribution in [3.05, 3.63) is 82.3 Å². The molecule has 0 radical (unpaired) electrons. The summed E-state index contributed by atoms with van der Waals surface area (Å²) in [7, 11) is -7.88. The van der Waals surface area contributed by atoms with Crippen LogP contribution in [0, 0.1) is 0 Å². The molecule has 162 valence electrons. The number of sulfonamides is 2. The first kappa shape index (κ1) is 23.0. The first-order valence-electron chi connectivity index (χ1n) is 8.48. The van der Waals surface area contributed by atoms with E-state index < -0.39 is 26.0 Å². The summed E-state index contributed by atoms with van der Waals surface area (Å²) in [6.07, 6.45) is 0. The quantitative estimate of drug-likeness (QED) is 0.474. The lowest BCUT2D eigenvalue weighted by Crippen LogP contribution is -2.19. The second kappa shape index (κ2) is 8.85. The third kappa shape index (κ3) is 5.75. The normalized spacial score (nSPS) is 11.7. The first-order chi connectivity index (χ1) is 14.5. The Morgan fingerprint density at radius 3 is 1.90 bits per heavy atom. The Morgan fingerprint density at radius 1 is 0.774 bits per heavy atom. The van der Waals surface area contributed by atoms with Crippen molar-refractivity contribution in [1.82, 2.24) is 0 Å². The number of rotatable bonds is 6. The van der Waals surface area contributed by atoms with Crippen molar-refractivity contribution in [2.45, 2.75) is 9.79 Å². The summed E-state index contributed by atoms with van der Waals surface area (Å²) in [5.41, 5.74) is 0.224. The van der Waals surface area contributed by atoms with Gasteiger partial charge in [0, 0.05) is 15.7 Å². The summed E-state index contributed by atoms with van der Waals surface area (Å²) < 4.78 is 50.4. The van der Waals surface area contributed by atoms with Crippen LogP contribution >= 0.6 is 23.2 Å². The number of primary sulfonamides is 1. The van der Waals surface area contributed by atoms with Gasteiger partial charge >= 0.3 is 0 Å². The van der Waals surface area contributed by atoms with Gasteiger partial charge in [-0.05, 0) is 66.7 Å². The van der Waals surface area contributed by atoms with E-state index in [4.69, 9.17) is 28.3 Å². The van der Waals surface area contributed by atoms with Crippen molar-refractivity contribution in [3.8, 4) is 0 Å². The molecule has 0 unspecified atom stereocenters. The molecule has 0 aliphatic heterocycles. The van der Waals surface area contributed by atoms with E-state index in [9.17, 15) is 21.6 Å². The van der Waals surface area contributed by atoms with Gasteiger partial charge in [-0.1, -0.05) is 23.2 Å².